The highest BCUT2D eigenvalue weighted by molar-refractivity contribution is 5.69. The zero-order chi connectivity index (χ0) is 13.4. The molecule has 0 unspecified atom stereocenters. The molecule has 18 heavy (non-hydrogen) atoms. The van der Waals surface area contributed by atoms with Crippen molar-refractivity contribution in [2.24, 2.45) is 0 Å². The largest absolute Gasteiger partial charge is 0.494 e. The van der Waals surface area contributed by atoms with Crippen LogP contribution in [0.25, 0.3) is 0 Å². The summed E-state index contributed by atoms with van der Waals surface area (Å²) in [4.78, 5) is 10.9. The molecule has 0 atom stereocenters. The van der Waals surface area contributed by atoms with Gasteiger partial charge < -0.3 is 20.9 Å². The van der Waals surface area contributed by atoms with Crippen molar-refractivity contribution in [3.05, 3.63) is 18.2 Å². The number of unbranched alkanes of at least 4 members (excludes halogenated alkanes) is 2. The van der Waals surface area contributed by atoms with Crippen molar-refractivity contribution in [3.63, 3.8) is 0 Å². The summed E-state index contributed by atoms with van der Waals surface area (Å²) in [5.41, 5.74) is 12.3. The van der Waals surface area contributed by atoms with Crippen molar-refractivity contribution in [2.75, 3.05) is 25.2 Å². The lowest BCUT2D eigenvalue weighted by Crippen LogP contribution is -2.02. The van der Waals surface area contributed by atoms with Crippen molar-refractivity contribution in [3.8, 4) is 5.75 Å². The normalized spacial score (nSPS) is 10.1. The van der Waals surface area contributed by atoms with Gasteiger partial charge in [-0.25, -0.2) is 0 Å². The predicted molar refractivity (Wildman–Crippen MR) is 71.2 cm³/mol. The quantitative estimate of drug-likeness (QED) is 0.440. The van der Waals surface area contributed by atoms with E-state index in [1.54, 1.807) is 18.2 Å². The summed E-state index contributed by atoms with van der Waals surface area (Å²) >= 11 is 0. The van der Waals surface area contributed by atoms with Gasteiger partial charge in [-0.1, -0.05) is 0 Å². The van der Waals surface area contributed by atoms with Crippen molar-refractivity contribution in [1.29, 1.82) is 0 Å². The Morgan fingerprint density at radius 1 is 1.17 bits per heavy atom. The maximum atomic E-state index is 10.9. The maximum absolute atomic E-state index is 10.9. The first-order valence-electron chi connectivity index (χ1n) is 5.98. The second kappa shape index (κ2) is 7.42. The topological polar surface area (TPSA) is 87.6 Å². The van der Waals surface area contributed by atoms with Crippen LogP contribution >= 0.6 is 0 Å². The van der Waals surface area contributed by atoms with Gasteiger partial charge in [-0.05, 0) is 31.4 Å². The number of rotatable bonds is 7. The Morgan fingerprint density at radius 2 is 1.94 bits per heavy atom. The summed E-state index contributed by atoms with van der Waals surface area (Å²) in [7, 11) is 1.40. The van der Waals surface area contributed by atoms with Crippen molar-refractivity contribution < 1.29 is 14.3 Å². The molecule has 0 heterocycles. The molecular formula is C13H20N2O3. The van der Waals surface area contributed by atoms with E-state index < -0.39 is 0 Å². The highest BCUT2D eigenvalue weighted by Gasteiger charge is 2.00. The number of benzene rings is 1. The van der Waals surface area contributed by atoms with Gasteiger partial charge >= 0.3 is 5.97 Å². The molecule has 0 fully saturated rings. The van der Waals surface area contributed by atoms with Crippen molar-refractivity contribution in [1.82, 2.24) is 0 Å². The third-order valence-electron chi connectivity index (χ3n) is 2.58. The standard InChI is InChI=1S/C13H20N2O3/c1-17-13(16)5-3-2-4-8-18-10-6-7-11(14)12(15)9-10/h6-7,9H,2-5,8,14-15H2,1H3. The van der Waals surface area contributed by atoms with Crippen LogP contribution in [-0.2, 0) is 9.53 Å². The maximum Gasteiger partial charge on any atom is 0.305 e. The fraction of sp³-hybridized carbons (Fsp3) is 0.462. The van der Waals surface area contributed by atoms with E-state index >= 15 is 0 Å². The number of carbonyl (C=O) groups excluding carboxylic acids is 1. The van der Waals surface area contributed by atoms with E-state index in [0.717, 1.165) is 25.0 Å². The number of hydrogen-bond donors (Lipinski definition) is 2. The molecule has 5 heteroatoms. The van der Waals surface area contributed by atoms with E-state index in [2.05, 4.69) is 4.74 Å². The molecule has 0 aromatic heterocycles. The molecule has 0 bridgehead atoms. The molecule has 5 nitrogen and oxygen atoms in total. The molecule has 0 aliphatic carbocycles. The molecule has 4 N–H and O–H groups in total. The minimum atomic E-state index is -0.165. The van der Waals surface area contributed by atoms with E-state index in [9.17, 15) is 4.79 Å². The Morgan fingerprint density at radius 3 is 2.61 bits per heavy atom. The number of nitrogens with two attached hydrogens (primary N) is 2. The summed E-state index contributed by atoms with van der Waals surface area (Å²) in [6.07, 6.45) is 3.10. The van der Waals surface area contributed by atoms with Crippen LogP contribution in [0.15, 0.2) is 18.2 Å². The van der Waals surface area contributed by atoms with Crippen LogP contribution < -0.4 is 16.2 Å². The van der Waals surface area contributed by atoms with Crippen LogP contribution in [0.1, 0.15) is 25.7 Å². The molecular weight excluding hydrogens is 232 g/mol. The first-order valence-corrected chi connectivity index (χ1v) is 5.98. The van der Waals surface area contributed by atoms with Crippen LogP contribution in [0.4, 0.5) is 11.4 Å². The van der Waals surface area contributed by atoms with Gasteiger partial charge in [0, 0.05) is 12.5 Å². The SMILES string of the molecule is COC(=O)CCCCCOc1ccc(N)c(N)c1. The summed E-state index contributed by atoms with van der Waals surface area (Å²) in [5.74, 6) is 0.553. The highest BCUT2D eigenvalue weighted by atomic mass is 16.5. The zero-order valence-electron chi connectivity index (χ0n) is 10.6. The Bertz CT molecular complexity index is 394. The highest BCUT2D eigenvalue weighted by Crippen LogP contribution is 2.21. The van der Waals surface area contributed by atoms with Gasteiger partial charge in [-0.2, -0.15) is 0 Å². The Balaban J connectivity index is 2.14. The van der Waals surface area contributed by atoms with E-state index in [1.165, 1.54) is 7.11 Å². The number of carbonyl (C=O) groups is 1. The van der Waals surface area contributed by atoms with Gasteiger partial charge in [0.05, 0.1) is 25.1 Å². The third kappa shape index (κ3) is 4.95. The molecule has 0 radical (unpaired) electrons. The van der Waals surface area contributed by atoms with E-state index in [-0.39, 0.29) is 5.97 Å². The Hall–Kier alpha value is -1.91. The number of methoxy groups -OCH3 is 1. The van der Waals surface area contributed by atoms with Crippen LogP contribution in [0.2, 0.25) is 0 Å². The van der Waals surface area contributed by atoms with Gasteiger partial charge in [-0.15, -0.1) is 0 Å². The molecule has 0 aliphatic rings. The smallest absolute Gasteiger partial charge is 0.305 e. The summed E-state index contributed by atoms with van der Waals surface area (Å²) in [6.45, 7) is 0.602. The van der Waals surface area contributed by atoms with Gasteiger partial charge in [0.1, 0.15) is 5.75 Å². The fourth-order valence-electron chi connectivity index (χ4n) is 1.48. The number of nitrogen functional groups attached to an aromatic ring is 2. The molecule has 0 spiro atoms. The predicted octanol–water partition coefficient (Wildman–Crippen LogP) is 1.96. The molecule has 0 saturated heterocycles. The fourth-order valence-corrected chi connectivity index (χ4v) is 1.48. The summed E-state index contributed by atoms with van der Waals surface area (Å²) in [6, 6.07) is 5.23. The van der Waals surface area contributed by atoms with E-state index in [0.29, 0.717) is 24.4 Å². The lowest BCUT2D eigenvalue weighted by atomic mass is 10.2. The van der Waals surface area contributed by atoms with Crippen molar-refractivity contribution in [2.45, 2.75) is 25.7 Å². The Labute approximate surface area is 107 Å². The number of esters is 1. The van der Waals surface area contributed by atoms with Gasteiger partial charge in [-0.3, -0.25) is 4.79 Å². The molecule has 0 saturated carbocycles. The number of ether oxygens (including phenoxy) is 2. The molecule has 1 aromatic rings. The monoisotopic (exact) mass is 252 g/mol. The first kappa shape index (κ1) is 14.2. The summed E-state index contributed by atoms with van der Waals surface area (Å²) in [5, 5.41) is 0. The molecule has 0 aliphatic heterocycles. The van der Waals surface area contributed by atoms with E-state index in [4.69, 9.17) is 16.2 Å². The molecule has 1 rings (SSSR count). The lowest BCUT2D eigenvalue weighted by molar-refractivity contribution is -0.140. The third-order valence-corrected chi connectivity index (χ3v) is 2.58. The van der Waals surface area contributed by atoms with Gasteiger partial charge in [0.2, 0.25) is 0 Å². The number of anilines is 2. The average Bonchev–Trinajstić information content (AvgIpc) is 2.37. The average molecular weight is 252 g/mol. The number of hydrogen-bond acceptors (Lipinski definition) is 5. The molecule has 100 valence electrons. The zero-order valence-corrected chi connectivity index (χ0v) is 10.6. The van der Waals surface area contributed by atoms with Crippen LogP contribution in [0, 0.1) is 0 Å². The van der Waals surface area contributed by atoms with Crippen molar-refractivity contribution >= 4 is 17.3 Å². The van der Waals surface area contributed by atoms with Crippen LogP contribution in [-0.4, -0.2) is 19.7 Å². The first-order chi connectivity index (χ1) is 8.63. The summed E-state index contributed by atoms with van der Waals surface area (Å²) < 4.78 is 10.1. The minimum Gasteiger partial charge on any atom is -0.494 e. The van der Waals surface area contributed by atoms with Crippen LogP contribution in [0.5, 0.6) is 5.75 Å². The molecule has 0 amide bonds. The second-order valence-corrected chi connectivity index (χ2v) is 4.03. The lowest BCUT2D eigenvalue weighted by Gasteiger charge is -2.07. The van der Waals surface area contributed by atoms with Crippen LogP contribution in [0.3, 0.4) is 0 Å². The van der Waals surface area contributed by atoms with Gasteiger partial charge in [0.15, 0.2) is 0 Å². The minimum absolute atomic E-state index is 0.165. The Kier molecular flexibility index (Phi) is 5.84. The second-order valence-electron chi connectivity index (χ2n) is 4.03. The van der Waals surface area contributed by atoms with Gasteiger partial charge in [0.25, 0.3) is 0 Å². The molecule has 1 aromatic carbocycles. The van der Waals surface area contributed by atoms with E-state index in [1.807, 2.05) is 0 Å².